The minimum atomic E-state index is -2.64. The Bertz CT molecular complexity index is 2270. The van der Waals surface area contributed by atoms with E-state index in [0.29, 0.717) is 11.9 Å². The highest BCUT2D eigenvalue weighted by Gasteiger charge is 2.63. The van der Waals surface area contributed by atoms with E-state index in [1.807, 2.05) is 115 Å². The number of esters is 1. The van der Waals surface area contributed by atoms with Gasteiger partial charge in [0.05, 0.1) is 6.16 Å². The van der Waals surface area contributed by atoms with Crippen molar-refractivity contribution in [2.75, 3.05) is 31.3 Å². The van der Waals surface area contributed by atoms with Crippen LogP contribution in [0.2, 0.25) is 0 Å². The lowest BCUT2D eigenvalue weighted by Crippen LogP contribution is -2.74. The first-order valence-electron chi connectivity index (χ1n) is 18.6. The Morgan fingerprint density at radius 2 is 1.34 bits per heavy atom. The lowest BCUT2D eigenvalue weighted by Gasteiger charge is -2.54. The number of hydrogen-bond donors (Lipinski definition) is 2. The van der Waals surface area contributed by atoms with Crippen molar-refractivity contribution in [1.29, 1.82) is 0 Å². The summed E-state index contributed by atoms with van der Waals surface area (Å²) in [4.78, 5) is 54.0. The molecule has 6 aromatic rings. The highest BCUT2D eigenvalue weighted by molar-refractivity contribution is 8.00. The SMILES string of the molecule is CON=C(C(=O)NC1C(=O)N2CC(C[P+](c3ccccc3)(c3ccccc3)c3ccccc3)(C(=O)OC(c3ccccc3)c3ccccc3)CS[C@H]12)c1nsc(N)n1. The second kappa shape index (κ2) is 16.9. The number of nitrogens with zero attached hydrogens (tertiary/aromatic N) is 4. The molecule has 1 aromatic heterocycles. The molecule has 14 heteroatoms. The molecule has 0 spiro atoms. The van der Waals surface area contributed by atoms with Crippen LogP contribution in [0.4, 0.5) is 5.13 Å². The third kappa shape index (κ3) is 7.48. The molecule has 2 aliphatic rings. The van der Waals surface area contributed by atoms with E-state index >= 15 is 4.79 Å². The normalized spacial score (nSPS) is 19.2. The number of nitrogens with two attached hydrogens (primary N) is 1. The largest absolute Gasteiger partial charge is 0.452 e. The van der Waals surface area contributed by atoms with E-state index in [0.717, 1.165) is 38.6 Å². The van der Waals surface area contributed by atoms with Gasteiger partial charge in [-0.3, -0.25) is 14.4 Å². The number of aromatic nitrogens is 2. The fourth-order valence-corrected chi connectivity index (χ4v) is 14.6. The maximum absolute atomic E-state index is 15.5. The number of β-lactam (4-membered cyclic amide) rings is 1. The highest BCUT2D eigenvalue weighted by Crippen LogP contribution is 2.61. The number of rotatable bonds is 13. The lowest BCUT2D eigenvalue weighted by molar-refractivity contribution is -0.164. The van der Waals surface area contributed by atoms with Crippen molar-refractivity contribution in [3.8, 4) is 0 Å². The van der Waals surface area contributed by atoms with Gasteiger partial charge in [0, 0.05) is 23.8 Å². The summed E-state index contributed by atoms with van der Waals surface area (Å²) in [5, 5.41) is 9.70. The number of carbonyl (C=O) groups is 3. The summed E-state index contributed by atoms with van der Waals surface area (Å²) in [7, 11) is -1.33. The molecule has 2 aliphatic heterocycles. The number of thioether (sulfide) groups is 1. The third-order valence-corrected chi connectivity index (χ3v) is 17.2. The van der Waals surface area contributed by atoms with Crippen LogP contribution in [0.25, 0.3) is 0 Å². The first kappa shape index (κ1) is 39.0. The van der Waals surface area contributed by atoms with Crippen molar-refractivity contribution in [2.24, 2.45) is 10.6 Å². The minimum absolute atomic E-state index is 0.00188. The molecule has 2 amide bonds. The minimum Gasteiger partial charge on any atom is -0.452 e. The molecule has 5 aromatic carbocycles. The molecular formula is C44H40N6O5PS2+. The molecule has 3 N–H and O–H groups in total. The fourth-order valence-electron chi connectivity index (χ4n) is 7.77. The van der Waals surface area contributed by atoms with Crippen LogP contribution >= 0.6 is 30.6 Å². The Balaban J connectivity index is 1.20. The summed E-state index contributed by atoms with van der Waals surface area (Å²) >= 11 is 2.38. The van der Waals surface area contributed by atoms with Crippen LogP contribution in [-0.2, 0) is 24.0 Å². The molecule has 2 unspecified atom stereocenters. The molecule has 0 radical (unpaired) electrons. The number of nitrogens with one attached hydrogen (secondary N) is 1. The molecule has 2 saturated heterocycles. The number of oxime groups is 1. The Kier molecular flexibility index (Phi) is 11.4. The number of benzene rings is 5. The maximum atomic E-state index is 15.5. The van der Waals surface area contributed by atoms with Crippen molar-refractivity contribution in [2.45, 2.75) is 17.5 Å². The number of hydrogen-bond acceptors (Lipinski definition) is 11. The van der Waals surface area contributed by atoms with Crippen LogP contribution < -0.4 is 27.0 Å². The van der Waals surface area contributed by atoms with Crippen LogP contribution in [0.15, 0.2) is 157 Å². The smallest absolute Gasteiger partial charge is 0.319 e. The van der Waals surface area contributed by atoms with Gasteiger partial charge in [-0.05, 0) is 47.5 Å². The van der Waals surface area contributed by atoms with E-state index in [4.69, 9.17) is 15.3 Å². The van der Waals surface area contributed by atoms with Crippen molar-refractivity contribution < 1.29 is 24.0 Å². The summed E-state index contributed by atoms with van der Waals surface area (Å²) in [6, 6.07) is 49.6. The zero-order chi connectivity index (χ0) is 40.1. The van der Waals surface area contributed by atoms with Crippen molar-refractivity contribution in [3.05, 3.63) is 169 Å². The van der Waals surface area contributed by atoms with Crippen molar-refractivity contribution in [3.63, 3.8) is 0 Å². The van der Waals surface area contributed by atoms with Crippen LogP contribution in [0, 0.1) is 5.41 Å². The number of anilines is 1. The van der Waals surface area contributed by atoms with Gasteiger partial charge < -0.3 is 25.5 Å². The first-order valence-corrected chi connectivity index (χ1v) is 22.4. The molecule has 11 nitrogen and oxygen atoms in total. The second-order valence-electron chi connectivity index (χ2n) is 14.1. The van der Waals surface area contributed by atoms with E-state index in [2.05, 4.69) is 56.2 Å². The van der Waals surface area contributed by atoms with Gasteiger partial charge in [0.15, 0.2) is 11.2 Å². The average molecular weight is 828 g/mol. The second-order valence-corrected chi connectivity index (χ2v) is 19.4. The van der Waals surface area contributed by atoms with Gasteiger partial charge >= 0.3 is 5.97 Å². The summed E-state index contributed by atoms with van der Waals surface area (Å²) in [5.41, 5.74) is 6.06. The van der Waals surface area contributed by atoms with Crippen LogP contribution in [0.1, 0.15) is 23.1 Å². The summed E-state index contributed by atoms with van der Waals surface area (Å²) in [6.07, 6.45) is -0.312. The van der Waals surface area contributed by atoms with E-state index < -0.39 is 42.1 Å². The molecule has 58 heavy (non-hydrogen) atoms. The maximum Gasteiger partial charge on any atom is 0.319 e. The molecule has 0 bridgehead atoms. The molecule has 0 aliphatic carbocycles. The first-order chi connectivity index (χ1) is 28.3. The molecule has 292 valence electrons. The van der Waals surface area contributed by atoms with Gasteiger partial charge in [0.1, 0.15) is 47.1 Å². The number of nitrogen functional groups attached to an aromatic ring is 1. The molecule has 3 heterocycles. The summed E-state index contributed by atoms with van der Waals surface area (Å²) in [6.45, 7) is 0.0858. The Labute approximate surface area is 345 Å². The van der Waals surface area contributed by atoms with Gasteiger partial charge in [-0.15, -0.1) is 11.8 Å². The van der Waals surface area contributed by atoms with Crippen molar-refractivity contribution in [1.82, 2.24) is 19.6 Å². The van der Waals surface area contributed by atoms with Crippen molar-refractivity contribution >= 4 is 75.1 Å². The molecule has 0 saturated carbocycles. The quantitative estimate of drug-likeness (QED) is 0.0528. The number of amides is 2. The molecule has 2 fully saturated rings. The standard InChI is InChI=1S/C44H39N6O5PS2/c1-54-48-35(38-47-43(45)58-49-38)39(51)46-36-40(52)50-27-44(29-57-41(36)50,42(53)55-37(30-17-7-2-8-18-30)31-19-9-3-10-20-31)28-56(32-21-11-4-12-22-32,33-23-13-5-14-24-33)34-25-15-6-16-26-34/h2-26,36-37,41H,27-29H2,1H3,(H2-,45,46,47,49,51)/p+1/t36?,41-,44?/m1/s1. The Morgan fingerprint density at radius 1 is 0.845 bits per heavy atom. The third-order valence-electron chi connectivity index (χ3n) is 10.5. The monoisotopic (exact) mass is 827 g/mol. The van der Waals surface area contributed by atoms with E-state index in [1.54, 1.807) is 4.90 Å². The van der Waals surface area contributed by atoms with Gasteiger partial charge in [-0.1, -0.05) is 120 Å². The number of carbonyl (C=O) groups excluding carboxylic acids is 3. The van der Waals surface area contributed by atoms with E-state index in [1.165, 1.54) is 18.9 Å². The zero-order valence-electron chi connectivity index (χ0n) is 31.5. The molecule has 3 atom stereocenters. The number of fused-ring (bicyclic) bond motifs is 1. The van der Waals surface area contributed by atoms with E-state index in [9.17, 15) is 9.59 Å². The van der Waals surface area contributed by atoms with Crippen LogP contribution in [0.3, 0.4) is 0 Å². The lowest BCUT2D eigenvalue weighted by atomic mass is 9.88. The highest BCUT2D eigenvalue weighted by atomic mass is 32.2. The predicted octanol–water partition coefficient (Wildman–Crippen LogP) is 5.18. The summed E-state index contributed by atoms with van der Waals surface area (Å²) in [5.74, 6) is -1.08. The van der Waals surface area contributed by atoms with Gasteiger partial charge in [0.2, 0.25) is 17.4 Å². The number of ether oxygens (including phenoxy) is 1. The van der Waals surface area contributed by atoms with Gasteiger partial charge in [-0.2, -0.15) is 9.36 Å². The Morgan fingerprint density at radius 3 is 1.81 bits per heavy atom. The molecule has 8 rings (SSSR count). The Hall–Kier alpha value is -5.88. The predicted molar refractivity (Wildman–Crippen MR) is 231 cm³/mol. The topological polar surface area (TPSA) is 149 Å². The van der Waals surface area contributed by atoms with Gasteiger partial charge in [-0.25, -0.2) is 0 Å². The van der Waals surface area contributed by atoms with Crippen LogP contribution in [-0.4, -0.2) is 74.7 Å². The molecular weight excluding hydrogens is 788 g/mol. The average Bonchev–Trinajstić information content (AvgIpc) is 3.72. The zero-order valence-corrected chi connectivity index (χ0v) is 34.0. The fraction of sp³-hybridized carbons (Fsp3) is 0.182. The van der Waals surface area contributed by atoms with Crippen LogP contribution in [0.5, 0.6) is 0 Å². The summed E-state index contributed by atoms with van der Waals surface area (Å²) < 4.78 is 10.9. The van der Waals surface area contributed by atoms with E-state index in [-0.39, 0.29) is 29.1 Å². The van der Waals surface area contributed by atoms with Gasteiger partial charge in [0.25, 0.3) is 5.91 Å².